The smallest absolute Gasteiger partial charge is 0.256 e. The summed E-state index contributed by atoms with van der Waals surface area (Å²) >= 11 is 12.3. The Hall–Kier alpha value is -2.89. The van der Waals surface area contributed by atoms with Gasteiger partial charge in [0.25, 0.3) is 5.91 Å². The molecule has 2 aromatic carbocycles. The SMILES string of the molecule is Cc1ccc2nc(C)cc(C(=O)Nc3c(C)nn(Cc4ccc(Cl)cc4Cl)c3C)c2c1. The van der Waals surface area contributed by atoms with Gasteiger partial charge in [0, 0.05) is 21.1 Å². The third-order valence-corrected chi connectivity index (χ3v) is 5.88. The lowest BCUT2D eigenvalue weighted by Crippen LogP contribution is -2.14. The van der Waals surface area contributed by atoms with Crippen molar-refractivity contribution in [2.75, 3.05) is 5.32 Å². The number of carbonyl (C=O) groups excluding carboxylic acids is 1. The van der Waals surface area contributed by atoms with E-state index in [0.29, 0.717) is 27.8 Å². The fourth-order valence-electron chi connectivity index (χ4n) is 3.68. The lowest BCUT2D eigenvalue weighted by Gasteiger charge is -2.11. The summed E-state index contributed by atoms with van der Waals surface area (Å²) in [5.41, 5.74) is 6.46. The molecule has 0 aliphatic carbocycles. The van der Waals surface area contributed by atoms with Crippen LogP contribution in [-0.2, 0) is 6.54 Å². The number of carbonyl (C=O) groups is 1. The van der Waals surface area contributed by atoms with E-state index in [1.807, 2.05) is 62.7 Å². The van der Waals surface area contributed by atoms with Crippen LogP contribution < -0.4 is 5.32 Å². The van der Waals surface area contributed by atoms with Gasteiger partial charge in [-0.25, -0.2) is 0 Å². The van der Waals surface area contributed by atoms with Crippen LogP contribution in [0.25, 0.3) is 10.9 Å². The first-order valence-corrected chi connectivity index (χ1v) is 10.7. The standard InChI is InChI=1S/C24H22Cl2N4O/c1-13-5-8-22-19(9-13)20(10-14(2)27-22)24(31)28-23-15(3)29-30(16(23)4)12-17-6-7-18(25)11-21(17)26/h5-11H,12H2,1-4H3,(H,28,31). The number of rotatable bonds is 4. The number of aromatic nitrogens is 3. The largest absolute Gasteiger partial charge is 0.319 e. The topological polar surface area (TPSA) is 59.8 Å². The highest BCUT2D eigenvalue weighted by atomic mass is 35.5. The highest BCUT2D eigenvalue weighted by Gasteiger charge is 2.18. The lowest BCUT2D eigenvalue weighted by atomic mass is 10.0. The zero-order valence-corrected chi connectivity index (χ0v) is 19.3. The van der Waals surface area contributed by atoms with Crippen molar-refractivity contribution in [2.24, 2.45) is 0 Å². The third-order valence-electron chi connectivity index (χ3n) is 5.29. The number of fused-ring (bicyclic) bond motifs is 1. The molecule has 0 saturated heterocycles. The molecule has 0 saturated carbocycles. The van der Waals surface area contributed by atoms with Gasteiger partial charge in [0.05, 0.1) is 34.7 Å². The van der Waals surface area contributed by atoms with Crippen molar-refractivity contribution in [2.45, 2.75) is 34.2 Å². The van der Waals surface area contributed by atoms with Gasteiger partial charge in [0.2, 0.25) is 0 Å². The molecular formula is C24H22Cl2N4O. The minimum absolute atomic E-state index is 0.184. The summed E-state index contributed by atoms with van der Waals surface area (Å²) in [4.78, 5) is 17.8. The van der Waals surface area contributed by atoms with Crippen LogP contribution in [0.3, 0.4) is 0 Å². The molecule has 0 bridgehead atoms. The number of halogens is 2. The van der Waals surface area contributed by atoms with Gasteiger partial charge >= 0.3 is 0 Å². The number of pyridine rings is 1. The summed E-state index contributed by atoms with van der Waals surface area (Å²) in [6.07, 6.45) is 0. The second-order valence-corrected chi connectivity index (χ2v) is 8.57. The van der Waals surface area contributed by atoms with Crippen LogP contribution in [0.4, 0.5) is 5.69 Å². The van der Waals surface area contributed by atoms with Gasteiger partial charge in [-0.2, -0.15) is 5.10 Å². The Bertz CT molecular complexity index is 1330. The maximum Gasteiger partial charge on any atom is 0.256 e. The molecule has 4 aromatic rings. The average Bonchev–Trinajstić information content (AvgIpc) is 2.97. The summed E-state index contributed by atoms with van der Waals surface area (Å²) in [6.45, 7) is 8.18. The number of aryl methyl sites for hydroxylation is 3. The molecule has 0 radical (unpaired) electrons. The molecule has 0 unspecified atom stereocenters. The molecular weight excluding hydrogens is 431 g/mol. The predicted octanol–water partition coefficient (Wildman–Crippen LogP) is 6.27. The average molecular weight is 453 g/mol. The van der Waals surface area contributed by atoms with Crippen molar-refractivity contribution in [1.29, 1.82) is 0 Å². The third kappa shape index (κ3) is 4.29. The van der Waals surface area contributed by atoms with Crippen LogP contribution in [0, 0.1) is 27.7 Å². The van der Waals surface area contributed by atoms with Gasteiger partial charge in [0.1, 0.15) is 0 Å². The molecule has 2 heterocycles. The summed E-state index contributed by atoms with van der Waals surface area (Å²) in [5, 5.41) is 9.67. The maximum atomic E-state index is 13.2. The molecule has 0 aliphatic rings. The number of hydrogen-bond donors (Lipinski definition) is 1. The molecule has 0 spiro atoms. The molecule has 31 heavy (non-hydrogen) atoms. The van der Waals surface area contributed by atoms with Crippen LogP contribution in [0.5, 0.6) is 0 Å². The van der Waals surface area contributed by atoms with Gasteiger partial charge < -0.3 is 5.32 Å². The zero-order chi connectivity index (χ0) is 22.3. The van der Waals surface area contributed by atoms with Crippen LogP contribution >= 0.6 is 23.2 Å². The number of benzene rings is 2. The Labute approximate surface area is 191 Å². The minimum Gasteiger partial charge on any atom is -0.319 e. The van der Waals surface area contributed by atoms with Gasteiger partial charge in [0.15, 0.2) is 0 Å². The maximum absolute atomic E-state index is 13.2. The van der Waals surface area contributed by atoms with Gasteiger partial charge in [-0.05, 0) is 63.6 Å². The van der Waals surface area contributed by atoms with Crippen molar-refractivity contribution in [3.63, 3.8) is 0 Å². The van der Waals surface area contributed by atoms with Crippen molar-refractivity contribution in [1.82, 2.24) is 14.8 Å². The van der Waals surface area contributed by atoms with E-state index in [2.05, 4.69) is 15.4 Å². The number of hydrogen-bond acceptors (Lipinski definition) is 3. The molecule has 7 heteroatoms. The highest BCUT2D eigenvalue weighted by molar-refractivity contribution is 6.35. The molecule has 1 amide bonds. The number of nitrogens with one attached hydrogen (secondary N) is 1. The Balaban J connectivity index is 1.67. The van der Waals surface area contributed by atoms with Crippen molar-refractivity contribution in [3.8, 4) is 0 Å². The van der Waals surface area contributed by atoms with E-state index in [0.717, 1.165) is 39.1 Å². The summed E-state index contributed by atoms with van der Waals surface area (Å²) in [5.74, 6) is -0.184. The quantitative estimate of drug-likeness (QED) is 0.396. The predicted molar refractivity (Wildman–Crippen MR) is 126 cm³/mol. The molecule has 0 fully saturated rings. The first-order valence-electron chi connectivity index (χ1n) is 9.90. The first-order chi connectivity index (χ1) is 14.7. The van der Waals surface area contributed by atoms with Gasteiger partial charge in [-0.15, -0.1) is 0 Å². The molecule has 0 aliphatic heterocycles. The Kier molecular flexibility index (Phi) is 5.73. The number of amides is 1. The van der Waals surface area contributed by atoms with Crippen LogP contribution in [0.1, 0.15) is 38.6 Å². The van der Waals surface area contributed by atoms with Crippen LogP contribution in [0.15, 0.2) is 42.5 Å². The highest BCUT2D eigenvalue weighted by Crippen LogP contribution is 2.26. The molecule has 0 atom stereocenters. The fourth-order valence-corrected chi connectivity index (χ4v) is 4.15. The van der Waals surface area contributed by atoms with E-state index in [9.17, 15) is 4.79 Å². The van der Waals surface area contributed by atoms with E-state index in [-0.39, 0.29) is 5.91 Å². The summed E-state index contributed by atoms with van der Waals surface area (Å²) in [7, 11) is 0. The molecule has 4 rings (SSSR count). The Morgan fingerprint density at radius 3 is 2.55 bits per heavy atom. The van der Waals surface area contributed by atoms with Crippen LogP contribution in [0.2, 0.25) is 10.0 Å². The second kappa shape index (κ2) is 8.33. The van der Waals surface area contributed by atoms with Crippen molar-refractivity contribution in [3.05, 3.63) is 86.3 Å². The second-order valence-electron chi connectivity index (χ2n) is 7.73. The monoisotopic (exact) mass is 452 g/mol. The lowest BCUT2D eigenvalue weighted by molar-refractivity contribution is 0.102. The van der Waals surface area contributed by atoms with Crippen molar-refractivity contribution >= 4 is 45.7 Å². The van der Waals surface area contributed by atoms with E-state index in [4.69, 9.17) is 23.2 Å². The van der Waals surface area contributed by atoms with E-state index < -0.39 is 0 Å². The number of nitrogens with zero attached hydrogens (tertiary/aromatic N) is 3. The van der Waals surface area contributed by atoms with E-state index in [1.165, 1.54) is 0 Å². The minimum atomic E-state index is -0.184. The number of anilines is 1. The Morgan fingerprint density at radius 2 is 1.81 bits per heavy atom. The zero-order valence-electron chi connectivity index (χ0n) is 17.8. The normalized spacial score (nSPS) is 11.2. The molecule has 2 aromatic heterocycles. The van der Waals surface area contributed by atoms with Crippen molar-refractivity contribution < 1.29 is 4.79 Å². The van der Waals surface area contributed by atoms with Gasteiger partial charge in [-0.3, -0.25) is 14.5 Å². The molecule has 1 N–H and O–H groups in total. The van der Waals surface area contributed by atoms with Crippen LogP contribution in [-0.4, -0.2) is 20.7 Å². The Morgan fingerprint density at radius 1 is 1.03 bits per heavy atom. The fraction of sp³-hybridized carbons (Fsp3) is 0.208. The molecule has 5 nitrogen and oxygen atoms in total. The van der Waals surface area contributed by atoms with E-state index >= 15 is 0 Å². The van der Waals surface area contributed by atoms with E-state index in [1.54, 1.807) is 12.1 Å². The summed E-state index contributed by atoms with van der Waals surface area (Å²) < 4.78 is 1.83. The first kappa shape index (κ1) is 21.3. The molecule has 158 valence electrons. The van der Waals surface area contributed by atoms with Gasteiger partial charge in [-0.1, -0.05) is 40.9 Å². The summed E-state index contributed by atoms with van der Waals surface area (Å²) in [6, 6.07) is 13.1.